The second kappa shape index (κ2) is 4.04. The average Bonchev–Trinajstić information content (AvgIpc) is 2.47. The Balaban J connectivity index is 2.87. The van der Waals surface area contributed by atoms with Gasteiger partial charge in [0.05, 0.1) is 12.8 Å². The summed E-state index contributed by atoms with van der Waals surface area (Å²) in [5.74, 6) is -0.280. The van der Waals surface area contributed by atoms with Crippen LogP contribution in [0.5, 0.6) is 0 Å². The molecule has 0 atom stereocenters. The van der Waals surface area contributed by atoms with Crippen molar-refractivity contribution in [2.24, 2.45) is 7.05 Å². The monoisotopic (exact) mass is 183 g/mol. The Morgan fingerprint density at radius 2 is 2.46 bits per heavy atom. The molecular formula is C8H13N3O2. The van der Waals surface area contributed by atoms with E-state index >= 15 is 0 Å². The summed E-state index contributed by atoms with van der Waals surface area (Å²) in [4.78, 5) is 15.8. The number of carbonyl (C=O) groups excluding carboxylic acids is 1. The molecule has 0 aromatic carbocycles. The van der Waals surface area contributed by atoms with Gasteiger partial charge in [-0.1, -0.05) is 6.92 Å². The molecule has 1 amide bonds. The van der Waals surface area contributed by atoms with Gasteiger partial charge in [-0.25, -0.2) is 5.48 Å². The first-order valence-corrected chi connectivity index (χ1v) is 4.05. The van der Waals surface area contributed by atoms with Gasteiger partial charge in [0.2, 0.25) is 0 Å². The molecule has 5 nitrogen and oxygen atoms in total. The number of amides is 1. The largest absolute Gasteiger partial charge is 0.293 e. The third-order valence-electron chi connectivity index (χ3n) is 1.72. The normalized spacial score (nSPS) is 10.1. The highest BCUT2D eigenvalue weighted by Gasteiger charge is 2.11. The standard InChI is InChI=1S/C8H13N3O2/c1-4-6-5-7(11(2)9-6)8(12)10-13-3/h5H,4H2,1-3H3,(H,10,12). The van der Waals surface area contributed by atoms with E-state index in [0.717, 1.165) is 12.1 Å². The van der Waals surface area contributed by atoms with Crippen LogP contribution >= 0.6 is 0 Å². The van der Waals surface area contributed by atoms with E-state index in [-0.39, 0.29) is 5.91 Å². The number of aromatic nitrogens is 2. The molecule has 0 radical (unpaired) electrons. The molecule has 0 aliphatic rings. The molecule has 0 spiro atoms. The summed E-state index contributed by atoms with van der Waals surface area (Å²) in [7, 11) is 3.12. The summed E-state index contributed by atoms with van der Waals surface area (Å²) in [5.41, 5.74) is 3.63. The van der Waals surface area contributed by atoms with E-state index in [9.17, 15) is 4.79 Å². The van der Waals surface area contributed by atoms with E-state index in [0.29, 0.717) is 5.69 Å². The molecule has 5 heteroatoms. The second-order valence-corrected chi connectivity index (χ2v) is 2.63. The van der Waals surface area contributed by atoms with Crippen molar-refractivity contribution in [2.75, 3.05) is 7.11 Å². The minimum absolute atomic E-state index is 0.280. The van der Waals surface area contributed by atoms with Crippen molar-refractivity contribution in [1.82, 2.24) is 15.3 Å². The molecule has 0 aliphatic heterocycles. The van der Waals surface area contributed by atoms with Crippen molar-refractivity contribution >= 4 is 5.91 Å². The van der Waals surface area contributed by atoms with Crippen LogP contribution in [0.2, 0.25) is 0 Å². The predicted molar refractivity (Wildman–Crippen MR) is 47.1 cm³/mol. The van der Waals surface area contributed by atoms with Crippen LogP contribution in [-0.2, 0) is 18.3 Å². The third-order valence-corrected chi connectivity index (χ3v) is 1.72. The predicted octanol–water partition coefficient (Wildman–Crippen LogP) is 0.274. The zero-order chi connectivity index (χ0) is 9.84. The minimum atomic E-state index is -0.280. The van der Waals surface area contributed by atoms with Crippen molar-refractivity contribution in [3.05, 3.63) is 17.5 Å². The maximum absolute atomic E-state index is 11.3. The van der Waals surface area contributed by atoms with Crippen LogP contribution in [0.25, 0.3) is 0 Å². The molecule has 0 unspecified atom stereocenters. The van der Waals surface area contributed by atoms with Gasteiger partial charge in [-0.3, -0.25) is 14.3 Å². The van der Waals surface area contributed by atoms with Crippen LogP contribution < -0.4 is 5.48 Å². The number of nitrogens with zero attached hydrogens (tertiary/aromatic N) is 2. The molecule has 1 rings (SSSR count). The first-order chi connectivity index (χ1) is 6.19. The number of nitrogens with one attached hydrogen (secondary N) is 1. The molecule has 0 fully saturated rings. The highest BCUT2D eigenvalue weighted by molar-refractivity contribution is 5.91. The molecule has 72 valence electrons. The fourth-order valence-electron chi connectivity index (χ4n) is 1.06. The smallest absolute Gasteiger partial charge is 0.277 e. The Bertz CT molecular complexity index is 306. The van der Waals surface area contributed by atoms with Crippen molar-refractivity contribution in [1.29, 1.82) is 0 Å². The third kappa shape index (κ3) is 2.06. The van der Waals surface area contributed by atoms with Crippen molar-refractivity contribution in [3.63, 3.8) is 0 Å². The van der Waals surface area contributed by atoms with Crippen molar-refractivity contribution < 1.29 is 9.63 Å². The van der Waals surface area contributed by atoms with E-state index in [1.165, 1.54) is 11.8 Å². The lowest BCUT2D eigenvalue weighted by Gasteiger charge is -2.00. The van der Waals surface area contributed by atoms with Gasteiger partial charge >= 0.3 is 0 Å². The minimum Gasteiger partial charge on any atom is -0.277 e. The summed E-state index contributed by atoms with van der Waals surface area (Å²) in [5, 5.41) is 4.13. The number of rotatable bonds is 3. The van der Waals surface area contributed by atoms with Gasteiger partial charge in [-0.15, -0.1) is 0 Å². The summed E-state index contributed by atoms with van der Waals surface area (Å²) in [6.45, 7) is 1.99. The maximum atomic E-state index is 11.3. The fourth-order valence-corrected chi connectivity index (χ4v) is 1.06. The number of hydrogen-bond acceptors (Lipinski definition) is 3. The maximum Gasteiger partial charge on any atom is 0.293 e. The molecule has 1 heterocycles. The van der Waals surface area contributed by atoms with Crippen molar-refractivity contribution in [3.8, 4) is 0 Å². The zero-order valence-corrected chi connectivity index (χ0v) is 8.00. The summed E-state index contributed by atoms with van der Waals surface area (Å²) in [6, 6.07) is 1.74. The van der Waals surface area contributed by atoms with Crippen molar-refractivity contribution in [2.45, 2.75) is 13.3 Å². The van der Waals surface area contributed by atoms with Gasteiger partial charge in [-0.2, -0.15) is 5.10 Å². The summed E-state index contributed by atoms with van der Waals surface area (Å²) in [6.07, 6.45) is 0.814. The zero-order valence-electron chi connectivity index (χ0n) is 8.00. The van der Waals surface area contributed by atoms with E-state index in [2.05, 4.69) is 15.4 Å². The van der Waals surface area contributed by atoms with Gasteiger partial charge in [-0.05, 0) is 12.5 Å². The fraction of sp³-hybridized carbons (Fsp3) is 0.500. The van der Waals surface area contributed by atoms with Crippen LogP contribution in [0.1, 0.15) is 23.1 Å². The lowest BCUT2D eigenvalue weighted by Crippen LogP contribution is -2.24. The van der Waals surface area contributed by atoms with Crippen LogP contribution in [-0.4, -0.2) is 22.8 Å². The highest BCUT2D eigenvalue weighted by Crippen LogP contribution is 2.03. The topological polar surface area (TPSA) is 56.1 Å². The number of hydroxylamine groups is 1. The van der Waals surface area contributed by atoms with Crippen LogP contribution in [0.3, 0.4) is 0 Å². The molecule has 0 aliphatic carbocycles. The first kappa shape index (κ1) is 9.73. The summed E-state index contributed by atoms with van der Waals surface area (Å²) >= 11 is 0. The van der Waals surface area contributed by atoms with Crippen LogP contribution in [0.15, 0.2) is 6.07 Å². The molecule has 13 heavy (non-hydrogen) atoms. The number of hydrogen-bond donors (Lipinski definition) is 1. The lowest BCUT2D eigenvalue weighted by atomic mass is 10.3. The Kier molecular flexibility index (Phi) is 3.02. The van der Waals surface area contributed by atoms with Gasteiger partial charge in [0.25, 0.3) is 5.91 Å². The Labute approximate surface area is 76.6 Å². The Hall–Kier alpha value is -1.36. The number of carbonyl (C=O) groups is 1. The number of aryl methyl sites for hydroxylation is 2. The molecule has 0 saturated heterocycles. The molecule has 1 N–H and O–H groups in total. The second-order valence-electron chi connectivity index (χ2n) is 2.63. The van der Waals surface area contributed by atoms with Crippen LogP contribution in [0, 0.1) is 0 Å². The SMILES string of the molecule is CCc1cc(C(=O)NOC)n(C)n1. The molecule has 1 aromatic rings. The van der Waals surface area contributed by atoms with Crippen LogP contribution in [0.4, 0.5) is 0 Å². The molecular weight excluding hydrogens is 170 g/mol. The quantitative estimate of drug-likeness (QED) is 0.684. The van der Waals surface area contributed by atoms with E-state index in [1.807, 2.05) is 6.92 Å². The van der Waals surface area contributed by atoms with Gasteiger partial charge < -0.3 is 0 Å². The molecule has 0 bridgehead atoms. The van der Waals surface area contributed by atoms with Gasteiger partial charge in [0, 0.05) is 7.05 Å². The van der Waals surface area contributed by atoms with E-state index < -0.39 is 0 Å². The first-order valence-electron chi connectivity index (χ1n) is 4.05. The lowest BCUT2D eigenvalue weighted by molar-refractivity contribution is 0.0528. The Morgan fingerprint density at radius 3 is 2.92 bits per heavy atom. The van der Waals surface area contributed by atoms with Gasteiger partial charge in [0.15, 0.2) is 0 Å². The molecule has 0 saturated carbocycles. The highest BCUT2D eigenvalue weighted by atomic mass is 16.6. The van der Waals surface area contributed by atoms with E-state index in [1.54, 1.807) is 13.1 Å². The molecule has 1 aromatic heterocycles. The summed E-state index contributed by atoms with van der Waals surface area (Å²) < 4.78 is 1.53. The average molecular weight is 183 g/mol. The Morgan fingerprint density at radius 1 is 1.77 bits per heavy atom. The van der Waals surface area contributed by atoms with E-state index in [4.69, 9.17) is 0 Å². The van der Waals surface area contributed by atoms with Gasteiger partial charge in [0.1, 0.15) is 5.69 Å².